The fourth-order valence-corrected chi connectivity index (χ4v) is 3.68. The van der Waals surface area contributed by atoms with Crippen molar-refractivity contribution < 1.29 is 22.8 Å². The number of pyridine rings is 1. The topological polar surface area (TPSA) is 97.1 Å². The molecule has 0 bridgehead atoms. The van der Waals surface area contributed by atoms with E-state index in [0.717, 1.165) is 24.8 Å². The smallest absolute Gasteiger partial charge is 0.255 e. The van der Waals surface area contributed by atoms with Gasteiger partial charge in [-0.25, -0.2) is 18.2 Å². The highest BCUT2D eigenvalue weighted by molar-refractivity contribution is 6.06. The van der Waals surface area contributed by atoms with Gasteiger partial charge in [0, 0.05) is 5.56 Å². The number of carbonyl (C=O) groups excluding carboxylic acids is 2. The first-order valence-corrected chi connectivity index (χ1v) is 9.88. The predicted octanol–water partition coefficient (Wildman–Crippen LogP) is 4.39. The van der Waals surface area contributed by atoms with Gasteiger partial charge in [0.1, 0.15) is 17.3 Å². The van der Waals surface area contributed by atoms with Crippen molar-refractivity contribution in [2.24, 2.45) is 0 Å². The highest BCUT2D eigenvalue weighted by Gasteiger charge is 2.45. The summed E-state index contributed by atoms with van der Waals surface area (Å²) >= 11 is 0. The van der Waals surface area contributed by atoms with Gasteiger partial charge in [-0.15, -0.1) is 0 Å². The van der Waals surface area contributed by atoms with Gasteiger partial charge in [-0.2, -0.15) is 0 Å². The maximum atomic E-state index is 14.0. The maximum Gasteiger partial charge on any atom is 0.255 e. The highest BCUT2D eigenvalue weighted by atomic mass is 19.2. The number of benzene rings is 2. The van der Waals surface area contributed by atoms with E-state index < -0.39 is 34.5 Å². The third-order valence-corrected chi connectivity index (χ3v) is 5.68. The Morgan fingerprint density at radius 3 is 2.25 bits per heavy atom. The Bertz CT molecular complexity index is 1180. The molecule has 3 aromatic rings. The molecule has 0 spiro atoms. The van der Waals surface area contributed by atoms with E-state index in [9.17, 15) is 22.8 Å². The van der Waals surface area contributed by atoms with Crippen LogP contribution in [0.1, 0.15) is 35.2 Å². The third-order valence-electron chi connectivity index (χ3n) is 5.68. The van der Waals surface area contributed by atoms with Gasteiger partial charge < -0.3 is 16.4 Å². The minimum atomic E-state index is -1.24. The summed E-state index contributed by atoms with van der Waals surface area (Å²) in [4.78, 5) is 29.3. The third kappa shape index (κ3) is 3.89. The minimum absolute atomic E-state index is 0.103. The largest absolute Gasteiger partial charge is 0.397 e. The van der Waals surface area contributed by atoms with Crippen LogP contribution in [0.25, 0.3) is 0 Å². The molecule has 32 heavy (non-hydrogen) atoms. The van der Waals surface area contributed by atoms with Gasteiger partial charge in [-0.3, -0.25) is 9.59 Å². The Balaban J connectivity index is 1.52. The quantitative estimate of drug-likeness (QED) is 0.513. The zero-order valence-electron chi connectivity index (χ0n) is 16.8. The molecule has 2 aromatic carbocycles. The first-order valence-electron chi connectivity index (χ1n) is 9.88. The second-order valence-corrected chi connectivity index (χ2v) is 7.61. The molecule has 9 heteroatoms. The molecule has 164 valence electrons. The fourth-order valence-electron chi connectivity index (χ4n) is 3.68. The Labute approximate surface area is 181 Å². The van der Waals surface area contributed by atoms with E-state index in [0.29, 0.717) is 18.4 Å². The molecule has 0 saturated heterocycles. The van der Waals surface area contributed by atoms with Crippen molar-refractivity contribution in [2.75, 3.05) is 16.4 Å². The number of aromatic nitrogens is 1. The average Bonchev–Trinajstić information content (AvgIpc) is 2.75. The zero-order chi connectivity index (χ0) is 22.9. The molecule has 4 rings (SSSR count). The van der Waals surface area contributed by atoms with Gasteiger partial charge in [-0.05, 0) is 54.8 Å². The van der Waals surface area contributed by atoms with E-state index in [1.165, 1.54) is 24.3 Å². The normalized spacial score (nSPS) is 14.3. The van der Waals surface area contributed by atoms with Crippen LogP contribution in [0, 0.1) is 17.5 Å². The number of anilines is 3. The van der Waals surface area contributed by atoms with Gasteiger partial charge >= 0.3 is 0 Å². The Morgan fingerprint density at radius 2 is 1.66 bits per heavy atom. The van der Waals surface area contributed by atoms with Crippen molar-refractivity contribution >= 4 is 29.0 Å². The minimum Gasteiger partial charge on any atom is -0.397 e. The summed E-state index contributed by atoms with van der Waals surface area (Å²) in [6, 6.07) is 10.9. The van der Waals surface area contributed by atoms with Gasteiger partial charge in [0.15, 0.2) is 11.6 Å². The Hall–Kier alpha value is -3.88. The standard InChI is InChI=1S/C23H19F3N4O2/c24-15-6-9-18(28-12-15)29-22(32)23(10-1-11-23)14-4-2-13(3-5-14)21(31)30-20-17(27)8-7-16(25)19(20)26/h2-9,12H,1,10-11,27H2,(H,30,31)(H,28,29,32). The van der Waals surface area contributed by atoms with Crippen molar-refractivity contribution in [3.8, 4) is 0 Å². The van der Waals surface area contributed by atoms with Gasteiger partial charge in [0.2, 0.25) is 5.91 Å². The van der Waals surface area contributed by atoms with E-state index in [2.05, 4.69) is 15.6 Å². The Morgan fingerprint density at radius 1 is 0.938 bits per heavy atom. The number of carbonyl (C=O) groups is 2. The molecule has 1 saturated carbocycles. The lowest BCUT2D eigenvalue weighted by Crippen LogP contribution is -2.46. The van der Waals surface area contributed by atoms with Crippen molar-refractivity contribution in [1.82, 2.24) is 4.98 Å². The van der Waals surface area contributed by atoms with Crippen LogP contribution in [0.2, 0.25) is 0 Å². The van der Waals surface area contributed by atoms with Crippen molar-refractivity contribution in [3.63, 3.8) is 0 Å². The van der Waals surface area contributed by atoms with E-state index in [-0.39, 0.29) is 23.0 Å². The molecule has 1 heterocycles. The fraction of sp³-hybridized carbons (Fsp3) is 0.174. The van der Waals surface area contributed by atoms with Crippen molar-refractivity contribution in [2.45, 2.75) is 24.7 Å². The molecule has 1 aromatic heterocycles. The number of hydrogen-bond donors (Lipinski definition) is 3. The van der Waals surface area contributed by atoms with Crippen molar-refractivity contribution in [1.29, 1.82) is 0 Å². The molecule has 6 nitrogen and oxygen atoms in total. The van der Waals surface area contributed by atoms with Crippen molar-refractivity contribution in [3.05, 3.63) is 83.3 Å². The average molecular weight is 440 g/mol. The number of hydrogen-bond acceptors (Lipinski definition) is 4. The van der Waals surface area contributed by atoms with Crippen LogP contribution >= 0.6 is 0 Å². The van der Waals surface area contributed by atoms with Crippen LogP contribution in [-0.2, 0) is 10.2 Å². The van der Waals surface area contributed by atoms with Gasteiger partial charge in [0.05, 0.1) is 17.3 Å². The maximum absolute atomic E-state index is 14.0. The first kappa shape index (κ1) is 21.4. The molecule has 1 fully saturated rings. The van der Waals surface area contributed by atoms with E-state index in [1.807, 2.05) is 0 Å². The monoisotopic (exact) mass is 440 g/mol. The predicted molar refractivity (Wildman–Crippen MR) is 114 cm³/mol. The molecule has 1 aliphatic carbocycles. The molecule has 0 aliphatic heterocycles. The summed E-state index contributed by atoms with van der Waals surface area (Å²) in [5.41, 5.74) is 5.21. The van der Waals surface area contributed by atoms with Crippen LogP contribution < -0.4 is 16.4 Å². The SMILES string of the molecule is Nc1ccc(F)c(F)c1NC(=O)c1ccc(C2(C(=O)Nc3ccc(F)cn3)CCC2)cc1. The molecule has 1 aliphatic rings. The van der Waals surface area contributed by atoms with E-state index in [1.54, 1.807) is 12.1 Å². The van der Waals surface area contributed by atoms with E-state index >= 15 is 0 Å². The number of rotatable bonds is 5. The molecular formula is C23H19F3N4O2. The summed E-state index contributed by atoms with van der Waals surface area (Å²) < 4.78 is 40.5. The summed E-state index contributed by atoms with van der Waals surface area (Å²) in [5.74, 6) is -3.57. The summed E-state index contributed by atoms with van der Waals surface area (Å²) in [6.07, 6.45) is 3.09. The highest BCUT2D eigenvalue weighted by Crippen LogP contribution is 2.44. The lowest BCUT2D eigenvalue weighted by Gasteiger charge is -2.40. The molecule has 0 radical (unpaired) electrons. The lowest BCUT2D eigenvalue weighted by atomic mass is 9.63. The number of nitrogens with two attached hydrogens (primary N) is 1. The lowest BCUT2D eigenvalue weighted by molar-refractivity contribution is -0.124. The van der Waals surface area contributed by atoms with Crippen LogP contribution in [0.5, 0.6) is 0 Å². The van der Waals surface area contributed by atoms with Gasteiger partial charge in [0.25, 0.3) is 5.91 Å². The second-order valence-electron chi connectivity index (χ2n) is 7.61. The van der Waals surface area contributed by atoms with Gasteiger partial charge in [-0.1, -0.05) is 18.6 Å². The van der Waals surface area contributed by atoms with Crippen LogP contribution in [0.3, 0.4) is 0 Å². The number of nitrogens with one attached hydrogen (secondary N) is 2. The molecule has 0 atom stereocenters. The molecule has 2 amide bonds. The number of amides is 2. The van der Waals surface area contributed by atoms with E-state index in [4.69, 9.17) is 5.73 Å². The van der Waals surface area contributed by atoms with Crippen LogP contribution in [-0.4, -0.2) is 16.8 Å². The molecular weight excluding hydrogens is 421 g/mol. The second kappa shape index (κ2) is 8.33. The number of nitrogens with zero attached hydrogens (tertiary/aromatic N) is 1. The van der Waals surface area contributed by atoms with Crippen LogP contribution in [0.4, 0.5) is 30.4 Å². The Kier molecular flexibility index (Phi) is 5.56. The first-order chi connectivity index (χ1) is 15.3. The molecule has 0 unspecified atom stereocenters. The number of halogens is 3. The summed E-state index contributed by atoms with van der Waals surface area (Å²) in [7, 11) is 0. The number of nitrogen functional groups attached to an aromatic ring is 1. The zero-order valence-corrected chi connectivity index (χ0v) is 16.8. The molecule has 4 N–H and O–H groups in total. The summed E-state index contributed by atoms with van der Waals surface area (Å²) in [5, 5.41) is 5.00. The van der Waals surface area contributed by atoms with Crippen LogP contribution in [0.15, 0.2) is 54.7 Å². The summed E-state index contributed by atoms with van der Waals surface area (Å²) in [6.45, 7) is 0.